The van der Waals surface area contributed by atoms with Crippen molar-refractivity contribution in [2.24, 2.45) is 0 Å². The van der Waals surface area contributed by atoms with Gasteiger partial charge >= 0.3 is 11.7 Å². The smallest absolute Gasteiger partial charge is 0.353 e. The average molecular weight is 497 g/mol. The van der Waals surface area contributed by atoms with E-state index in [9.17, 15) is 14.9 Å². The summed E-state index contributed by atoms with van der Waals surface area (Å²) in [4.78, 5) is 38.2. The van der Waals surface area contributed by atoms with Gasteiger partial charge < -0.3 is 23.9 Å². The number of ether oxygens (including phenoxy) is 1. The van der Waals surface area contributed by atoms with Crippen LogP contribution in [0.15, 0.2) is 59.5 Å². The Bertz CT molecular complexity index is 1110. The molecule has 2 aromatic heterocycles. The molecule has 11 heteroatoms. The molecule has 0 N–H and O–H groups in total. The Morgan fingerprint density at radius 3 is 2.28 bits per heavy atom. The summed E-state index contributed by atoms with van der Waals surface area (Å²) >= 11 is 0. The molecule has 0 unspecified atom stereocenters. The van der Waals surface area contributed by atoms with E-state index in [0.29, 0.717) is 25.4 Å². The molecule has 192 valence electrons. The third-order valence-corrected chi connectivity index (χ3v) is 5.42. The number of nitrogens with zero attached hydrogens (tertiary/aromatic N) is 6. The Morgan fingerprint density at radius 1 is 1.00 bits per heavy atom. The van der Waals surface area contributed by atoms with E-state index in [0.717, 1.165) is 5.56 Å². The monoisotopic (exact) mass is 496 g/mol. The molecule has 0 saturated carbocycles. The summed E-state index contributed by atoms with van der Waals surface area (Å²) in [5.41, 5.74) is 0.781. The second-order valence-electron chi connectivity index (χ2n) is 8.39. The summed E-state index contributed by atoms with van der Waals surface area (Å²) in [5, 5.41) is 12.4. The van der Waals surface area contributed by atoms with Crippen LogP contribution in [-0.4, -0.2) is 66.1 Å². The van der Waals surface area contributed by atoms with E-state index in [1.165, 1.54) is 12.6 Å². The Morgan fingerprint density at radius 2 is 1.69 bits per heavy atom. The molecule has 0 fully saturated rings. The minimum atomic E-state index is -0.460. The minimum Gasteiger partial charge on any atom is -0.467 e. The fourth-order valence-corrected chi connectivity index (χ4v) is 3.68. The summed E-state index contributed by atoms with van der Waals surface area (Å²) < 4.78 is 10.5. The number of anilines is 2. The normalized spacial score (nSPS) is 10.9. The molecule has 36 heavy (non-hydrogen) atoms. The maximum Gasteiger partial charge on any atom is 0.353 e. The van der Waals surface area contributed by atoms with Crippen molar-refractivity contribution >= 4 is 23.3 Å². The summed E-state index contributed by atoms with van der Waals surface area (Å²) in [5.74, 6) is 0.530. The lowest BCUT2D eigenvalue weighted by molar-refractivity contribution is -0.383. The first kappa shape index (κ1) is 26.6. The van der Waals surface area contributed by atoms with Gasteiger partial charge in [-0.05, 0) is 38.7 Å². The number of carbonyl (C=O) groups is 1. The van der Waals surface area contributed by atoms with Crippen LogP contribution < -0.4 is 9.80 Å². The molecule has 0 aliphatic rings. The lowest BCUT2D eigenvalue weighted by Gasteiger charge is -2.27. The minimum absolute atomic E-state index is 0.0411. The van der Waals surface area contributed by atoms with Gasteiger partial charge in [-0.25, -0.2) is 9.97 Å². The molecule has 1 aromatic carbocycles. The van der Waals surface area contributed by atoms with Gasteiger partial charge in [-0.3, -0.25) is 14.9 Å². The van der Waals surface area contributed by atoms with Crippen molar-refractivity contribution < 1.29 is 18.9 Å². The van der Waals surface area contributed by atoms with E-state index in [1.807, 2.05) is 54.2 Å². The number of hydrogen-bond donors (Lipinski definition) is 0. The number of furan rings is 1. The highest BCUT2D eigenvalue weighted by Crippen LogP contribution is 2.35. The second-order valence-corrected chi connectivity index (χ2v) is 8.39. The summed E-state index contributed by atoms with van der Waals surface area (Å²) in [6.07, 6.45) is 2.89. The number of benzene rings is 1. The first-order valence-corrected chi connectivity index (χ1v) is 11.7. The molecular weight excluding hydrogens is 464 g/mol. The van der Waals surface area contributed by atoms with E-state index < -0.39 is 10.9 Å². The van der Waals surface area contributed by atoms with Gasteiger partial charge in [0, 0.05) is 26.2 Å². The van der Waals surface area contributed by atoms with E-state index in [2.05, 4.69) is 9.97 Å². The highest BCUT2D eigenvalue weighted by atomic mass is 16.6. The van der Waals surface area contributed by atoms with Gasteiger partial charge in [0.1, 0.15) is 12.1 Å². The van der Waals surface area contributed by atoms with Gasteiger partial charge in [-0.15, -0.1) is 0 Å². The molecule has 11 nitrogen and oxygen atoms in total. The standard InChI is InChI=1S/C25H32N6O5/c1-4-35-22(32)12-13-29(18-21-11-8-16-36-21)24-23(31(33)34)25(27-19-26-24)30(15-14-28(2)3)17-20-9-6-5-7-10-20/h5-11,16,19H,4,12-15,17-18H2,1-3H3. The molecule has 0 spiro atoms. The molecule has 0 saturated heterocycles. The van der Waals surface area contributed by atoms with Crippen molar-refractivity contribution in [3.63, 3.8) is 0 Å². The van der Waals surface area contributed by atoms with Crippen LogP contribution >= 0.6 is 0 Å². The molecule has 0 bridgehead atoms. The maximum atomic E-state index is 12.4. The highest BCUT2D eigenvalue weighted by molar-refractivity contribution is 5.73. The van der Waals surface area contributed by atoms with Crippen molar-refractivity contribution in [1.29, 1.82) is 0 Å². The van der Waals surface area contributed by atoms with Crippen LogP contribution in [0.1, 0.15) is 24.7 Å². The van der Waals surface area contributed by atoms with Crippen molar-refractivity contribution in [2.45, 2.75) is 26.4 Å². The van der Waals surface area contributed by atoms with Crippen LogP contribution in [0.3, 0.4) is 0 Å². The fourth-order valence-electron chi connectivity index (χ4n) is 3.68. The molecule has 0 atom stereocenters. The molecule has 3 aromatic rings. The van der Waals surface area contributed by atoms with Crippen LogP contribution in [0.4, 0.5) is 17.3 Å². The lowest BCUT2D eigenvalue weighted by atomic mass is 10.2. The van der Waals surface area contributed by atoms with Crippen LogP contribution in [-0.2, 0) is 22.6 Å². The Labute approximate surface area is 210 Å². The molecule has 2 heterocycles. The third kappa shape index (κ3) is 7.51. The molecular formula is C25H32N6O5. The lowest BCUT2D eigenvalue weighted by Crippen LogP contribution is -2.33. The number of hydrogen-bond acceptors (Lipinski definition) is 10. The second kappa shape index (κ2) is 13.2. The van der Waals surface area contributed by atoms with Crippen molar-refractivity contribution in [1.82, 2.24) is 14.9 Å². The van der Waals surface area contributed by atoms with Gasteiger partial charge in [0.25, 0.3) is 0 Å². The number of carbonyl (C=O) groups excluding carboxylic acids is 1. The van der Waals surface area contributed by atoms with Crippen molar-refractivity contribution in [2.75, 3.05) is 50.1 Å². The summed E-state index contributed by atoms with van der Waals surface area (Å²) in [6.45, 7) is 3.97. The zero-order valence-corrected chi connectivity index (χ0v) is 20.9. The van der Waals surface area contributed by atoms with Crippen molar-refractivity contribution in [3.8, 4) is 0 Å². The van der Waals surface area contributed by atoms with Gasteiger partial charge in [0.2, 0.25) is 11.6 Å². The number of nitro groups is 1. The largest absolute Gasteiger partial charge is 0.467 e. The zero-order valence-electron chi connectivity index (χ0n) is 20.9. The first-order chi connectivity index (χ1) is 17.4. The van der Waals surface area contributed by atoms with Crippen LogP contribution in [0.25, 0.3) is 0 Å². The maximum absolute atomic E-state index is 12.4. The highest BCUT2D eigenvalue weighted by Gasteiger charge is 2.31. The third-order valence-electron chi connectivity index (χ3n) is 5.42. The zero-order chi connectivity index (χ0) is 25.9. The predicted octanol–water partition coefficient (Wildman–Crippen LogP) is 3.51. The molecule has 0 radical (unpaired) electrons. The Hall–Kier alpha value is -3.99. The van der Waals surface area contributed by atoms with Crippen LogP contribution in [0.2, 0.25) is 0 Å². The quantitative estimate of drug-likeness (QED) is 0.186. The first-order valence-electron chi connectivity index (χ1n) is 11.7. The van der Waals surface area contributed by atoms with E-state index in [4.69, 9.17) is 9.15 Å². The summed E-state index contributed by atoms with van der Waals surface area (Å²) in [6, 6.07) is 13.2. The fraction of sp³-hybridized carbons (Fsp3) is 0.400. The number of aromatic nitrogens is 2. The molecule has 3 rings (SSSR count). The van der Waals surface area contributed by atoms with Gasteiger partial charge in [-0.1, -0.05) is 30.3 Å². The van der Waals surface area contributed by atoms with Crippen molar-refractivity contribution in [3.05, 3.63) is 76.5 Å². The van der Waals surface area contributed by atoms with Gasteiger partial charge in [-0.2, -0.15) is 0 Å². The van der Waals surface area contributed by atoms with Gasteiger partial charge in [0.15, 0.2) is 0 Å². The molecule has 0 aliphatic carbocycles. The number of esters is 1. The van der Waals surface area contributed by atoms with Crippen LogP contribution in [0, 0.1) is 10.1 Å². The Balaban J connectivity index is 2.02. The van der Waals surface area contributed by atoms with E-state index in [-0.39, 0.29) is 43.4 Å². The number of rotatable bonds is 14. The average Bonchev–Trinajstić information content (AvgIpc) is 3.37. The Kier molecular flexibility index (Phi) is 9.75. The SMILES string of the molecule is CCOC(=O)CCN(Cc1ccco1)c1ncnc(N(CCN(C)C)Cc2ccccc2)c1[N+](=O)[O-]. The topological polar surface area (TPSA) is 118 Å². The predicted molar refractivity (Wildman–Crippen MR) is 136 cm³/mol. The number of likely N-dealkylation sites (N-methyl/N-ethyl adjacent to an activating group) is 1. The van der Waals surface area contributed by atoms with Crippen LogP contribution in [0.5, 0.6) is 0 Å². The molecule has 0 amide bonds. The van der Waals surface area contributed by atoms with Gasteiger partial charge in [0.05, 0.1) is 30.8 Å². The van der Waals surface area contributed by atoms with E-state index in [1.54, 1.807) is 24.0 Å². The van der Waals surface area contributed by atoms with E-state index >= 15 is 0 Å². The summed E-state index contributed by atoms with van der Waals surface area (Å²) in [7, 11) is 3.89. The molecule has 0 aliphatic heterocycles.